The van der Waals surface area contributed by atoms with Crippen LogP contribution in [-0.2, 0) is 14.3 Å². The molecule has 3 N–H and O–H groups in total. The highest BCUT2D eigenvalue weighted by molar-refractivity contribution is 6.04. The molecule has 4 fully saturated rings. The minimum absolute atomic E-state index is 0.0161. The first kappa shape index (κ1) is 20.0. The van der Waals surface area contributed by atoms with Gasteiger partial charge in [0, 0.05) is 24.9 Å². The third kappa shape index (κ3) is 2.25. The van der Waals surface area contributed by atoms with Gasteiger partial charge in [0.05, 0.1) is 24.2 Å². The van der Waals surface area contributed by atoms with Gasteiger partial charge in [0.2, 0.25) is 0 Å². The summed E-state index contributed by atoms with van der Waals surface area (Å²) in [5.41, 5.74) is -1.78. The zero-order valence-corrected chi connectivity index (χ0v) is 16.8. The van der Waals surface area contributed by atoms with E-state index in [1.165, 1.54) is 6.92 Å². The van der Waals surface area contributed by atoms with Crippen LogP contribution in [0.3, 0.4) is 0 Å². The van der Waals surface area contributed by atoms with Crippen molar-refractivity contribution in [3.05, 3.63) is 12.2 Å². The Kier molecular flexibility index (Phi) is 4.57. The lowest BCUT2D eigenvalue weighted by molar-refractivity contribution is -0.246. The number of Topliss-reactive ketones (excluding diaryl/α,β-unsaturated/α-hetero) is 1. The number of aliphatic hydroxyl groups is 3. The Labute approximate surface area is 166 Å². The van der Waals surface area contributed by atoms with E-state index in [0.717, 1.165) is 19.3 Å². The average Bonchev–Trinajstić information content (AvgIpc) is 2.77. The van der Waals surface area contributed by atoms with Crippen LogP contribution in [0.2, 0.25) is 0 Å². The van der Waals surface area contributed by atoms with Crippen molar-refractivity contribution in [2.75, 3.05) is 13.2 Å². The molecule has 4 aliphatic carbocycles. The van der Waals surface area contributed by atoms with Gasteiger partial charge in [0.25, 0.3) is 0 Å². The van der Waals surface area contributed by atoms with Crippen molar-refractivity contribution in [2.24, 2.45) is 34.0 Å². The first-order valence-corrected chi connectivity index (χ1v) is 10.5. The number of rotatable bonds is 3. The number of fused-ring (bicyclic) bond motifs is 3. The molecule has 6 nitrogen and oxygen atoms in total. The Balaban J connectivity index is 1.88. The molecule has 0 aliphatic heterocycles. The maximum absolute atomic E-state index is 13.4. The molecule has 8 atom stereocenters. The number of carbonyl (C=O) groups is 2. The minimum atomic E-state index is -1.26. The zero-order chi connectivity index (χ0) is 20.5. The lowest BCUT2D eigenvalue weighted by Gasteiger charge is -2.65. The van der Waals surface area contributed by atoms with E-state index < -0.39 is 28.5 Å². The highest BCUT2D eigenvalue weighted by Gasteiger charge is 2.75. The Morgan fingerprint density at radius 3 is 2.61 bits per heavy atom. The van der Waals surface area contributed by atoms with Crippen molar-refractivity contribution in [3.63, 3.8) is 0 Å². The number of hydrogen-bond donors (Lipinski definition) is 3. The standard InChI is InChI=1S/C22H32O6/c1-12-14-5-6-15-21(11-28-13(2)24)8-4-7-20(3,10-23)16(21)9-17(25)22(15,18(12)26)19(14)27/h14-17,19,23,25,27H,1,4-11H2,2-3H3/t14-,15-,16+,17+,19+,20+,21+,22-/m0/s1. The number of aliphatic hydroxyl groups excluding tert-OH is 3. The number of esters is 1. The lowest BCUT2D eigenvalue weighted by atomic mass is 9.39. The summed E-state index contributed by atoms with van der Waals surface area (Å²) in [7, 11) is 0. The molecule has 0 saturated heterocycles. The van der Waals surface area contributed by atoms with Crippen molar-refractivity contribution < 1.29 is 29.6 Å². The Morgan fingerprint density at radius 2 is 1.96 bits per heavy atom. The van der Waals surface area contributed by atoms with Crippen LogP contribution in [0.15, 0.2) is 12.2 Å². The van der Waals surface area contributed by atoms with Gasteiger partial charge in [0.15, 0.2) is 5.78 Å². The van der Waals surface area contributed by atoms with E-state index in [1.807, 2.05) is 6.92 Å². The second-order valence-electron chi connectivity index (χ2n) is 9.95. The monoisotopic (exact) mass is 392 g/mol. The molecule has 4 saturated carbocycles. The molecule has 0 unspecified atom stereocenters. The smallest absolute Gasteiger partial charge is 0.302 e. The maximum Gasteiger partial charge on any atom is 0.302 e. The van der Waals surface area contributed by atoms with E-state index in [4.69, 9.17) is 4.74 Å². The van der Waals surface area contributed by atoms with Crippen LogP contribution >= 0.6 is 0 Å². The highest BCUT2D eigenvalue weighted by atomic mass is 16.5. The summed E-state index contributed by atoms with van der Waals surface area (Å²) in [6.07, 6.45) is 2.16. The molecule has 4 aliphatic rings. The van der Waals surface area contributed by atoms with Crippen molar-refractivity contribution in [1.29, 1.82) is 0 Å². The van der Waals surface area contributed by atoms with Crippen LogP contribution < -0.4 is 0 Å². The number of ketones is 1. The minimum Gasteiger partial charge on any atom is -0.465 e. The zero-order valence-electron chi connectivity index (χ0n) is 16.8. The topological polar surface area (TPSA) is 104 Å². The Morgan fingerprint density at radius 1 is 1.25 bits per heavy atom. The summed E-state index contributed by atoms with van der Waals surface area (Å²) in [6.45, 7) is 7.50. The summed E-state index contributed by atoms with van der Waals surface area (Å²) in [5.74, 6) is -1.27. The molecule has 1 spiro atoms. The second-order valence-corrected chi connectivity index (χ2v) is 9.95. The Bertz CT molecular complexity index is 718. The summed E-state index contributed by atoms with van der Waals surface area (Å²) in [4.78, 5) is 25.1. The fourth-order valence-electron chi connectivity index (χ4n) is 7.65. The fourth-order valence-corrected chi connectivity index (χ4v) is 7.65. The first-order valence-electron chi connectivity index (χ1n) is 10.5. The van der Waals surface area contributed by atoms with E-state index >= 15 is 0 Å². The molecule has 28 heavy (non-hydrogen) atoms. The normalized spacial score (nSPS) is 50.1. The quantitative estimate of drug-likeness (QED) is 0.498. The molecule has 156 valence electrons. The summed E-state index contributed by atoms with van der Waals surface area (Å²) < 4.78 is 5.55. The second kappa shape index (κ2) is 6.38. The van der Waals surface area contributed by atoms with E-state index in [-0.39, 0.29) is 42.7 Å². The van der Waals surface area contributed by atoms with Gasteiger partial charge < -0.3 is 20.1 Å². The van der Waals surface area contributed by atoms with Crippen LogP contribution in [0.5, 0.6) is 0 Å². The third-order valence-corrected chi connectivity index (χ3v) is 8.88. The maximum atomic E-state index is 13.4. The molecule has 2 bridgehead atoms. The van der Waals surface area contributed by atoms with Gasteiger partial charge in [-0.15, -0.1) is 0 Å². The number of ether oxygens (including phenoxy) is 1. The van der Waals surface area contributed by atoms with Gasteiger partial charge in [-0.3, -0.25) is 9.59 Å². The number of hydrogen-bond acceptors (Lipinski definition) is 6. The van der Waals surface area contributed by atoms with Crippen LogP contribution in [0.1, 0.15) is 52.4 Å². The van der Waals surface area contributed by atoms with Crippen molar-refractivity contribution in [3.8, 4) is 0 Å². The van der Waals surface area contributed by atoms with E-state index in [2.05, 4.69) is 6.58 Å². The molecular weight excluding hydrogens is 360 g/mol. The van der Waals surface area contributed by atoms with Crippen LogP contribution in [0.4, 0.5) is 0 Å². The van der Waals surface area contributed by atoms with Crippen molar-refractivity contribution in [1.82, 2.24) is 0 Å². The first-order chi connectivity index (χ1) is 13.1. The van der Waals surface area contributed by atoms with Crippen LogP contribution in [-0.4, -0.2) is 52.5 Å². The van der Waals surface area contributed by atoms with Gasteiger partial charge in [-0.25, -0.2) is 0 Å². The fraction of sp³-hybridized carbons (Fsp3) is 0.818. The lowest BCUT2D eigenvalue weighted by Crippen LogP contribution is -2.69. The molecule has 0 amide bonds. The third-order valence-electron chi connectivity index (χ3n) is 8.88. The summed E-state index contributed by atoms with van der Waals surface area (Å²) in [6, 6.07) is 0. The molecule has 0 aromatic heterocycles. The molecule has 4 rings (SSSR count). The molecule has 0 aromatic rings. The molecule has 0 heterocycles. The van der Waals surface area contributed by atoms with Crippen molar-refractivity contribution in [2.45, 2.75) is 64.6 Å². The van der Waals surface area contributed by atoms with Gasteiger partial charge in [-0.1, -0.05) is 19.9 Å². The SMILES string of the molecule is C=C1C(=O)[C@@]23[C@H](O)C[C@@H]4[C@@](C)(CO)CCC[C@@]4(COC(C)=O)[C@@H]2CC[C@@H]1[C@H]3O. The van der Waals surface area contributed by atoms with Crippen molar-refractivity contribution >= 4 is 11.8 Å². The predicted molar refractivity (Wildman–Crippen MR) is 101 cm³/mol. The molecular formula is C22H32O6. The average molecular weight is 392 g/mol. The number of carbonyl (C=O) groups excluding carboxylic acids is 2. The predicted octanol–water partition coefficient (Wildman–Crippen LogP) is 1.61. The molecule has 6 heteroatoms. The summed E-state index contributed by atoms with van der Waals surface area (Å²) >= 11 is 0. The molecule has 0 aromatic carbocycles. The largest absolute Gasteiger partial charge is 0.465 e. The Hall–Kier alpha value is -1.24. The van der Waals surface area contributed by atoms with E-state index in [1.54, 1.807) is 0 Å². The van der Waals surface area contributed by atoms with Gasteiger partial charge in [-0.05, 0) is 54.9 Å². The highest BCUT2D eigenvalue weighted by Crippen LogP contribution is 2.71. The molecule has 0 radical (unpaired) electrons. The van der Waals surface area contributed by atoms with Gasteiger partial charge in [-0.2, -0.15) is 0 Å². The van der Waals surface area contributed by atoms with Crippen LogP contribution in [0.25, 0.3) is 0 Å². The van der Waals surface area contributed by atoms with Gasteiger partial charge in [0.1, 0.15) is 0 Å². The summed E-state index contributed by atoms with van der Waals surface area (Å²) in [5, 5.41) is 32.7. The van der Waals surface area contributed by atoms with Crippen LogP contribution in [0, 0.1) is 34.0 Å². The van der Waals surface area contributed by atoms with E-state index in [0.29, 0.717) is 24.8 Å². The van der Waals surface area contributed by atoms with Gasteiger partial charge >= 0.3 is 5.97 Å². The van der Waals surface area contributed by atoms with E-state index in [9.17, 15) is 24.9 Å².